The predicted molar refractivity (Wildman–Crippen MR) is 391 cm³/mol. The summed E-state index contributed by atoms with van der Waals surface area (Å²) in [5, 5.41) is 5.85. The molecule has 4 N–H and O–H groups in total. The van der Waals surface area contributed by atoms with Gasteiger partial charge in [0, 0.05) is 64.8 Å². The van der Waals surface area contributed by atoms with Crippen molar-refractivity contribution in [2.75, 3.05) is 6.54 Å². The zero-order valence-electron chi connectivity index (χ0n) is 50.6. The standard InChI is InChI=1S/C21H17NO2S2.C18H19NO2S2.C18H17NO2S2.C15H11Cl2NO2S2/c23-26(24,22-15-19-14-18-8-4-5-9-21(18)25-19)20-12-10-17(11-13-20)16-6-2-1-3-7-16;1-2-5-14-8-10-17(11-9-14)23(20,21)19-13-16-12-15-6-3-4-7-18(15)22-16;20-23(21,19-13-12-17-7-4-14-22-17)18-10-8-16(9-11-18)15-5-2-1-3-6-15;16-11-5-6-13(17)15(8-11)22(19,20)18-9-12-7-10-3-1-2-4-14(10)21-12/h1-14,22H,15H2;3-4,6-12,19H,2,5,13H2,1H3;1-11,14,19H,12-13H2;1-8,18H,9H2. The summed E-state index contributed by atoms with van der Waals surface area (Å²) in [5.41, 5.74) is 5.30. The molecule has 0 saturated carbocycles. The first-order valence-electron chi connectivity index (χ1n) is 29.6. The Balaban J connectivity index is 0.000000137. The quantitative estimate of drug-likeness (QED) is 0.0548. The number of halogens is 2. The lowest BCUT2D eigenvalue weighted by atomic mass is 10.1. The molecule has 0 aliphatic rings. The van der Waals surface area contributed by atoms with E-state index in [1.165, 1.54) is 21.7 Å². The molecule has 0 fully saturated rings. The van der Waals surface area contributed by atoms with Crippen LogP contribution in [0.4, 0.5) is 0 Å². The van der Waals surface area contributed by atoms with Crippen molar-refractivity contribution in [1.29, 1.82) is 0 Å². The van der Waals surface area contributed by atoms with Crippen LogP contribution in [0, 0.1) is 0 Å². The molecule has 0 aliphatic carbocycles. The van der Waals surface area contributed by atoms with E-state index in [1.54, 1.807) is 87.8 Å². The molecule has 4 aromatic heterocycles. The molecule has 0 saturated heterocycles. The van der Waals surface area contributed by atoms with E-state index >= 15 is 0 Å². The van der Waals surface area contributed by atoms with Gasteiger partial charge in [0.2, 0.25) is 40.1 Å². The molecule has 9 aromatic carbocycles. The number of hydrogen-bond donors (Lipinski definition) is 4. The fourth-order valence-electron chi connectivity index (χ4n) is 9.68. The van der Waals surface area contributed by atoms with Crippen LogP contribution < -0.4 is 18.9 Å². The zero-order valence-corrected chi connectivity index (χ0v) is 58.6. The van der Waals surface area contributed by atoms with Crippen LogP contribution in [0.5, 0.6) is 0 Å². The molecule has 0 radical (unpaired) electrons. The largest absolute Gasteiger partial charge is 0.242 e. The normalized spacial score (nSPS) is 11.7. The number of benzene rings is 9. The number of aryl methyl sites for hydroxylation is 1. The summed E-state index contributed by atoms with van der Waals surface area (Å²) in [4.78, 5) is 4.99. The molecule has 0 unspecified atom stereocenters. The Morgan fingerprint density at radius 3 is 1.14 bits per heavy atom. The van der Waals surface area contributed by atoms with Crippen LogP contribution in [0.3, 0.4) is 0 Å². The Morgan fingerprint density at radius 2 is 0.734 bits per heavy atom. The first-order chi connectivity index (χ1) is 45.3. The van der Waals surface area contributed by atoms with Gasteiger partial charge in [-0.05, 0) is 159 Å². The maximum absolute atomic E-state index is 12.6. The monoisotopic (exact) mass is 1440 g/mol. The first-order valence-corrected chi connectivity index (χ1v) is 39.6. The average Bonchev–Trinajstić information content (AvgIpc) is 2.33. The number of fused-ring (bicyclic) bond motifs is 3. The molecule has 482 valence electrons. The van der Waals surface area contributed by atoms with Crippen molar-refractivity contribution in [2.24, 2.45) is 0 Å². The highest BCUT2D eigenvalue weighted by Gasteiger charge is 2.20. The van der Waals surface area contributed by atoms with Gasteiger partial charge in [0.1, 0.15) is 4.90 Å². The molecule has 13 rings (SSSR count). The minimum absolute atomic E-state index is 0.0113. The molecule has 22 heteroatoms. The van der Waals surface area contributed by atoms with Gasteiger partial charge < -0.3 is 0 Å². The molecule has 13 aromatic rings. The SMILES string of the molecule is CCCc1ccc(S(=O)(=O)NCc2cc3ccccc3s2)cc1.O=S(=O)(NCCc1cccs1)c1ccc(-c2ccccc2)cc1.O=S(=O)(NCc1cc2ccccc2s1)c1cc(Cl)ccc1Cl.O=S(=O)(NCc1cc2ccccc2s1)c1ccc(-c2ccccc2)cc1. The number of sulfonamides is 4. The Labute approximate surface area is 575 Å². The Hall–Kier alpha value is -7.22. The third-order valence-corrected chi connectivity index (χ3v) is 25.2. The van der Waals surface area contributed by atoms with Crippen LogP contribution in [-0.2, 0) is 72.6 Å². The van der Waals surface area contributed by atoms with Gasteiger partial charge in [-0.3, -0.25) is 0 Å². The highest BCUT2D eigenvalue weighted by atomic mass is 35.5. The highest BCUT2D eigenvalue weighted by Crippen LogP contribution is 2.31. The summed E-state index contributed by atoms with van der Waals surface area (Å²) >= 11 is 18.2. The summed E-state index contributed by atoms with van der Waals surface area (Å²) in [6.07, 6.45) is 2.73. The fourth-order valence-corrected chi connectivity index (χ4v) is 18.5. The minimum Gasteiger partial charge on any atom is -0.211 e. The van der Waals surface area contributed by atoms with Gasteiger partial charge >= 0.3 is 0 Å². The van der Waals surface area contributed by atoms with Crippen molar-refractivity contribution in [2.45, 2.75) is 65.4 Å². The lowest BCUT2D eigenvalue weighted by Crippen LogP contribution is -2.25. The summed E-state index contributed by atoms with van der Waals surface area (Å²) in [6, 6.07) is 79.3. The molecule has 0 aliphatic heterocycles. The Morgan fingerprint density at radius 1 is 0.351 bits per heavy atom. The van der Waals surface area contributed by atoms with Crippen molar-refractivity contribution < 1.29 is 33.7 Å². The molecule has 12 nitrogen and oxygen atoms in total. The van der Waals surface area contributed by atoms with E-state index < -0.39 is 40.1 Å². The Kier molecular flexibility index (Phi) is 24.0. The second-order valence-corrected chi connectivity index (χ2v) is 33.6. The maximum Gasteiger partial charge on any atom is 0.242 e. The lowest BCUT2D eigenvalue weighted by molar-refractivity contribution is 0.580. The molecular formula is C72H64Cl2N4O8S8. The van der Waals surface area contributed by atoms with Crippen molar-refractivity contribution in [3.8, 4) is 22.3 Å². The smallest absolute Gasteiger partial charge is 0.211 e. The Bertz CT molecular complexity index is 5000. The second-order valence-electron chi connectivity index (χ2n) is 21.2. The van der Waals surface area contributed by atoms with Crippen LogP contribution >= 0.6 is 68.5 Å². The molecule has 4 heterocycles. The van der Waals surface area contributed by atoms with E-state index in [-0.39, 0.29) is 21.4 Å². The van der Waals surface area contributed by atoms with E-state index in [0.29, 0.717) is 40.9 Å². The van der Waals surface area contributed by atoms with Gasteiger partial charge in [-0.15, -0.1) is 45.3 Å². The van der Waals surface area contributed by atoms with Gasteiger partial charge in [-0.2, -0.15) is 0 Å². The summed E-state index contributed by atoms with van der Waals surface area (Å²) in [6.45, 7) is 3.34. The van der Waals surface area contributed by atoms with Crippen molar-refractivity contribution >= 4 is 139 Å². The minimum atomic E-state index is -3.71. The van der Waals surface area contributed by atoms with Crippen LogP contribution in [-0.4, -0.2) is 40.2 Å². The topological polar surface area (TPSA) is 185 Å². The lowest BCUT2D eigenvalue weighted by Gasteiger charge is -2.07. The van der Waals surface area contributed by atoms with E-state index in [0.717, 1.165) is 80.8 Å². The van der Waals surface area contributed by atoms with E-state index in [9.17, 15) is 33.7 Å². The second kappa shape index (κ2) is 32.5. The van der Waals surface area contributed by atoms with Crippen LogP contribution in [0.2, 0.25) is 10.0 Å². The van der Waals surface area contributed by atoms with E-state index in [4.69, 9.17) is 23.2 Å². The average molecular weight is 1440 g/mol. The van der Waals surface area contributed by atoms with Crippen LogP contribution in [0.25, 0.3) is 52.5 Å². The fraction of sp³-hybridized carbons (Fsp3) is 0.111. The molecule has 0 amide bonds. The van der Waals surface area contributed by atoms with Crippen molar-refractivity contribution in [3.63, 3.8) is 0 Å². The number of rotatable bonds is 21. The summed E-state index contributed by atoms with van der Waals surface area (Å²) in [5.74, 6) is 0. The summed E-state index contributed by atoms with van der Waals surface area (Å²) in [7, 11) is -14.2. The molecular weight excluding hydrogens is 1380 g/mol. The molecule has 94 heavy (non-hydrogen) atoms. The van der Waals surface area contributed by atoms with Gasteiger partial charge in [0.05, 0.1) is 19.7 Å². The van der Waals surface area contributed by atoms with Crippen molar-refractivity contribution in [3.05, 3.63) is 295 Å². The van der Waals surface area contributed by atoms with Gasteiger partial charge in [-0.1, -0.05) is 194 Å². The first kappa shape index (κ1) is 69.6. The van der Waals surface area contributed by atoms with Gasteiger partial charge in [0.25, 0.3) is 0 Å². The number of hydrogen-bond acceptors (Lipinski definition) is 12. The number of thiophene rings is 4. The maximum atomic E-state index is 12.6. The third-order valence-electron chi connectivity index (χ3n) is 14.5. The number of nitrogens with one attached hydrogen (secondary N) is 4. The van der Waals surface area contributed by atoms with E-state index in [2.05, 4.69) is 25.8 Å². The highest BCUT2D eigenvalue weighted by molar-refractivity contribution is 7.90. The molecule has 0 bridgehead atoms. The zero-order chi connectivity index (χ0) is 66.1. The molecule has 0 atom stereocenters. The summed E-state index contributed by atoms with van der Waals surface area (Å²) < 4.78 is 113. The van der Waals surface area contributed by atoms with E-state index in [1.807, 2.05) is 206 Å². The van der Waals surface area contributed by atoms with Gasteiger partial charge in [0.15, 0.2) is 0 Å². The van der Waals surface area contributed by atoms with Crippen LogP contribution in [0.1, 0.15) is 38.4 Å². The van der Waals surface area contributed by atoms with Crippen LogP contribution in [0.15, 0.2) is 280 Å². The molecule has 0 spiro atoms. The predicted octanol–water partition coefficient (Wildman–Crippen LogP) is 18.0. The van der Waals surface area contributed by atoms with Gasteiger partial charge in [-0.25, -0.2) is 52.6 Å². The third kappa shape index (κ3) is 19.3. The van der Waals surface area contributed by atoms with Crippen molar-refractivity contribution in [1.82, 2.24) is 18.9 Å².